The minimum absolute atomic E-state index is 0.0818. The lowest BCUT2D eigenvalue weighted by Gasteiger charge is -2.15. The maximum atomic E-state index is 12.2. The van der Waals surface area contributed by atoms with E-state index in [1.807, 2.05) is 26.8 Å². The van der Waals surface area contributed by atoms with Crippen LogP contribution in [-0.4, -0.2) is 21.6 Å². The lowest BCUT2D eigenvalue weighted by Crippen LogP contribution is -2.32. The normalized spacial score (nSPS) is 13.4. The number of sulfonamides is 1. The number of benzene rings is 1. The molecule has 0 spiro atoms. The van der Waals surface area contributed by atoms with Gasteiger partial charge in [0.05, 0.1) is 12.0 Å². The second-order valence-electron chi connectivity index (χ2n) is 4.52. The highest BCUT2D eigenvalue weighted by Gasteiger charge is 2.20. The van der Waals surface area contributed by atoms with Crippen molar-refractivity contribution in [3.63, 3.8) is 0 Å². The summed E-state index contributed by atoms with van der Waals surface area (Å²) in [6, 6.07) is 3.32. The van der Waals surface area contributed by atoms with Gasteiger partial charge < -0.3 is 4.74 Å². The molecule has 1 atom stereocenters. The summed E-state index contributed by atoms with van der Waals surface area (Å²) in [7, 11) is -1.94. The predicted molar refractivity (Wildman–Crippen MR) is 72.5 cm³/mol. The molecule has 0 radical (unpaired) electrons. The molecular formula is C13H21NO3S. The van der Waals surface area contributed by atoms with Crippen molar-refractivity contribution in [3.05, 3.63) is 23.3 Å². The highest BCUT2D eigenvalue weighted by molar-refractivity contribution is 7.89. The number of rotatable bonds is 5. The molecule has 1 N–H and O–H groups in total. The van der Waals surface area contributed by atoms with E-state index < -0.39 is 10.0 Å². The van der Waals surface area contributed by atoms with E-state index in [1.54, 1.807) is 13.0 Å². The minimum Gasteiger partial charge on any atom is -0.496 e. The van der Waals surface area contributed by atoms with Gasteiger partial charge in [-0.25, -0.2) is 13.1 Å². The zero-order valence-electron chi connectivity index (χ0n) is 11.6. The van der Waals surface area contributed by atoms with Crippen molar-refractivity contribution in [1.82, 2.24) is 4.72 Å². The van der Waals surface area contributed by atoms with E-state index in [4.69, 9.17) is 4.74 Å². The standard InChI is InChI=1S/C13H21NO3S/c1-6-11(4)14-18(15,16)13-8-12(17-5)9(2)7-10(13)3/h7-8,11,14H,6H2,1-5H3/t11-/m1/s1. The fraction of sp³-hybridized carbons (Fsp3) is 0.538. The maximum Gasteiger partial charge on any atom is 0.241 e. The molecule has 18 heavy (non-hydrogen) atoms. The Morgan fingerprint density at radius 2 is 1.89 bits per heavy atom. The van der Waals surface area contributed by atoms with Gasteiger partial charge in [0, 0.05) is 12.1 Å². The van der Waals surface area contributed by atoms with Gasteiger partial charge in [0.2, 0.25) is 10.0 Å². The Bertz CT molecular complexity index is 523. The monoisotopic (exact) mass is 271 g/mol. The SMILES string of the molecule is CC[C@@H](C)NS(=O)(=O)c1cc(OC)c(C)cc1C. The van der Waals surface area contributed by atoms with Gasteiger partial charge in [-0.1, -0.05) is 13.0 Å². The molecule has 0 saturated heterocycles. The van der Waals surface area contributed by atoms with Gasteiger partial charge in [0.15, 0.2) is 0 Å². The molecule has 102 valence electrons. The van der Waals surface area contributed by atoms with E-state index >= 15 is 0 Å². The molecule has 0 aliphatic carbocycles. The van der Waals surface area contributed by atoms with Crippen LogP contribution in [-0.2, 0) is 10.0 Å². The number of aryl methyl sites for hydroxylation is 2. The highest BCUT2D eigenvalue weighted by Crippen LogP contribution is 2.25. The van der Waals surface area contributed by atoms with Crippen molar-refractivity contribution >= 4 is 10.0 Å². The Morgan fingerprint density at radius 3 is 2.39 bits per heavy atom. The molecule has 1 aromatic carbocycles. The number of ether oxygens (including phenoxy) is 1. The molecule has 0 fully saturated rings. The molecule has 0 bridgehead atoms. The lowest BCUT2D eigenvalue weighted by atomic mass is 10.1. The quantitative estimate of drug-likeness (QED) is 0.894. The van der Waals surface area contributed by atoms with Crippen molar-refractivity contribution in [3.8, 4) is 5.75 Å². The predicted octanol–water partition coefficient (Wildman–Crippen LogP) is 2.39. The van der Waals surface area contributed by atoms with Crippen LogP contribution in [0.1, 0.15) is 31.4 Å². The molecule has 0 aliphatic rings. The lowest BCUT2D eigenvalue weighted by molar-refractivity contribution is 0.410. The van der Waals surface area contributed by atoms with Gasteiger partial charge in [-0.2, -0.15) is 0 Å². The largest absolute Gasteiger partial charge is 0.496 e. The average molecular weight is 271 g/mol. The fourth-order valence-corrected chi connectivity index (χ4v) is 3.30. The van der Waals surface area contributed by atoms with Crippen LogP contribution in [0, 0.1) is 13.8 Å². The van der Waals surface area contributed by atoms with Crippen molar-refractivity contribution < 1.29 is 13.2 Å². The first kappa shape index (κ1) is 15.0. The summed E-state index contributed by atoms with van der Waals surface area (Å²) in [6.07, 6.45) is 0.751. The van der Waals surface area contributed by atoms with Crippen molar-refractivity contribution in [2.24, 2.45) is 0 Å². The van der Waals surface area contributed by atoms with Crippen LogP contribution in [0.25, 0.3) is 0 Å². The molecule has 1 rings (SSSR count). The topological polar surface area (TPSA) is 55.4 Å². The first-order valence-corrected chi connectivity index (χ1v) is 7.47. The Morgan fingerprint density at radius 1 is 1.28 bits per heavy atom. The zero-order chi connectivity index (χ0) is 13.9. The second-order valence-corrected chi connectivity index (χ2v) is 6.20. The Hall–Kier alpha value is -1.07. The van der Waals surface area contributed by atoms with Gasteiger partial charge in [0.1, 0.15) is 5.75 Å². The minimum atomic E-state index is -3.48. The summed E-state index contributed by atoms with van der Waals surface area (Å²) in [5, 5.41) is 0. The first-order chi connectivity index (χ1) is 8.31. The second kappa shape index (κ2) is 5.71. The molecule has 4 nitrogen and oxygen atoms in total. The number of hydrogen-bond acceptors (Lipinski definition) is 3. The number of methoxy groups -OCH3 is 1. The van der Waals surface area contributed by atoms with Crippen LogP contribution in [0.4, 0.5) is 0 Å². The Balaban J connectivity index is 3.24. The van der Waals surface area contributed by atoms with Crippen LogP contribution in [0.5, 0.6) is 5.75 Å². The molecule has 0 heterocycles. The molecule has 0 unspecified atom stereocenters. The third-order valence-electron chi connectivity index (χ3n) is 2.95. The summed E-state index contributed by atoms with van der Waals surface area (Å²) in [6.45, 7) is 7.47. The average Bonchev–Trinajstić information content (AvgIpc) is 2.28. The van der Waals surface area contributed by atoms with Crippen LogP contribution >= 0.6 is 0 Å². The van der Waals surface area contributed by atoms with Gasteiger partial charge in [0.25, 0.3) is 0 Å². The maximum absolute atomic E-state index is 12.2. The fourth-order valence-electron chi connectivity index (χ4n) is 1.73. The van der Waals surface area contributed by atoms with Crippen molar-refractivity contribution in [2.45, 2.75) is 45.1 Å². The van der Waals surface area contributed by atoms with Gasteiger partial charge in [-0.3, -0.25) is 0 Å². The third-order valence-corrected chi connectivity index (χ3v) is 4.68. The van der Waals surface area contributed by atoms with Crippen molar-refractivity contribution in [2.75, 3.05) is 7.11 Å². The molecular weight excluding hydrogens is 250 g/mol. The van der Waals surface area contributed by atoms with Crippen LogP contribution in [0.3, 0.4) is 0 Å². The van der Waals surface area contributed by atoms with E-state index in [0.29, 0.717) is 5.75 Å². The highest BCUT2D eigenvalue weighted by atomic mass is 32.2. The molecule has 5 heteroatoms. The van der Waals surface area contributed by atoms with Crippen LogP contribution < -0.4 is 9.46 Å². The third kappa shape index (κ3) is 3.23. The smallest absolute Gasteiger partial charge is 0.241 e. The van der Waals surface area contributed by atoms with Gasteiger partial charge in [-0.15, -0.1) is 0 Å². The van der Waals surface area contributed by atoms with E-state index in [1.165, 1.54) is 7.11 Å². The first-order valence-electron chi connectivity index (χ1n) is 5.99. The van der Waals surface area contributed by atoms with Crippen LogP contribution in [0.2, 0.25) is 0 Å². The Kier molecular flexibility index (Phi) is 4.76. The van der Waals surface area contributed by atoms with Gasteiger partial charge in [-0.05, 0) is 38.3 Å². The number of nitrogens with one attached hydrogen (secondary N) is 1. The molecule has 0 amide bonds. The molecule has 0 aromatic heterocycles. The summed E-state index contributed by atoms with van der Waals surface area (Å²) in [5.41, 5.74) is 1.65. The number of hydrogen-bond donors (Lipinski definition) is 1. The van der Waals surface area contributed by atoms with Crippen LogP contribution in [0.15, 0.2) is 17.0 Å². The van der Waals surface area contributed by atoms with E-state index in [2.05, 4.69) is 4.72 Å². The summed E-state index contributed by atoms with van der Waals surface area (Å²) < 4.78 is 32.3. The van der Waals surface area contributed by atoms with Crippen molar-refractivity contribution in [1.29, 1.82) is 0 Å². The van der Waals surface area contributed by atoms with E-state index in [-0.39, 0.29) is 10.9 Å². The van der Waals surface area contributed by atoms with E-state index in [0.717, 1.165) is 17.5 Å². The van der Waals surface area contributed by atoms with Gasteiger partial charge >= 0.3 is 0 Å². The molecule has 1 aromatic rings. The molecule has 0 aliphatic heterocycles. The van der Waals surface area contributed by atoms with E-state index in [9.17, 15) is 8.42 Å². The summed E-state index contributed by atoms with van der Waals surface area (Å²) in [5.74, 6) is 0.588. The zero-order valence-corrected chi connectivity index (χ0v) is 12.4. The summed E-state index contributed by atoms with van der Waals surface area (Å²) >= 11 is 0. The molecule has 0 saturated carbocycles. The Labute approximate surface area is 109 Å². The summed E-state index contributed by atoms with van der Waals surface area (Å²) in [4.78, 5) is 0.283.